The molecule has 1 fully saturated rings. The van der Waals surface area contributed by atoms with E-state index in [0.717, 1.165) is 19.0 Å². The van der Waals surface area contributed by atoms with E-state index in [0.29, 0.717) is 0 Å². The smallest absolute Gasteiger partial charge is 0.0312 e. The quantitative estimate of drug-likeness (QED) is 0.809. The van der Waals surface area contributed by atoms with Crippen LogP contribution in [0.1, 0.15) is 31.7 Å². The summed E-state index contributed by atoms with van der Waals surface area (Å²) in [5.74, 6) is 0.915. The minimum absolute atomic E-state index is 0.915. The van der Waals surface area contributed by atoms with Gasteiger partial charge < -0.3 is 10.2 Å². The van der Waals surface area contributed by atoms with Gasteiger partial charge in [0, 0.05) is 32.0 Å². The zero-order valence-corrected chi connectivity index (χ0v) is 11.4. The molecule has 1 atom stereocenters. The fourth-order valence-corrected chi connectivity index (χ4v) is 2.52. The molecular formula is C15H25N3. The van der Waals surface area contributed by atoms with Crippen LogP contribution in [0, 0.1) is 5.92 Å². The third kappa shape index (κ3) is 4.75. The van der Waals surface area contributed by atoms with E-state index in [1.54, 1.807) is 0 Å². The van der Waals surface area contributed by atoms with E-state index in [2.05, 4.69) is 28.2 Å². The summed E-state index contributed by atoms with van der Waals surface area (Å²) in [6, 6.07) is 4.11. The highest BCUT2D eigenvalue weighted by Gasteiger charge is 2.12. The summed E-state index contributed by atoms with van der Waals surface area (Å²) in [6.07, 6.45) is 7.88. The van der Waals surface area contributed by atoms with Gasteiger partial charge in [0.15, 0.2) is 0 Å². The molecule has 1 aliphatic rings. The lowest BCUT2D eigenvalue weighted by Crippen LogP contribution is -2.32. The summed E-state index contributed by atoms with van der Waals surface area (Å²) in [6.45, 7) is 8.10. The highest BCUT2D eigenvalue weighted by atomic mass is 15.1. The predicted octanol–water partition coefficient (Wildman–Crippen LogP) is 2.29. The molecule has 1 unspecified atom stereocenters. The number of aromatic nitrogens is 1. The molecule has 0 bridgehead atoms. The molecule has 3 nitrogen and oxygen atoms in total. The summed E-state index contributed by atoms with van der Waals surface area (Å²) in [4.78, 5) is 6.72. The zero-order valence-electron chi connectivity index (χ0n) is 11.4. The Hall–Kier alpha value is -0.930. The average Bonchev–Trinajstić information content (AvgIpc) is 2.61. The van der Waals surface area contributed by atoms with Gasteiger partial charge >= 0.3 is 0 Å². The van der Waals surface area contributed by atoms with Crippen molar-refractivity contribution in [3.63, 3.8) is 0 Å². The fourth-order valence-electron chi connectivity index (χ4n) is 2.52. The van der Waals surface area contributed by atoms with Crippen LogP contribution in [0.2, 0.25) is 0 Å². The van der Waals surface area contributed by atoms with Gasteiger partial charge in [0.25, 0.3) is 0 Å². The van der Waals surface area contributed by atoms with Crippen LogP contribution in [0.5, 0.6) is 0 Å². The van der Waals surface area contributed by atoms with Crippen LogP contribution in [-0.4, -0.2) is 36.1 Å². The first-order chi connectivity index (χ1) is 8.84. The summed E-state index contributed by atoms with van der Waals surface area (Å²) in [5, 5.41) is 3.50. The monoisotopic (exact) mass is 247 g/mol. The standard InChI is InChI=1S/C15H25N3/c1-14-4-3-9-18(10-6-14)11-8-17-13-15-5-2-7-16-12-15/h2,5,7,12,14,17H,3-4,6,8-11,13H2,1H3. The molecule has 100 valence electrons. The summed E-state index contributed by atoms with van der Waals surface area (Å²) >= 11 is 0. The van der Waals surface area contributed by atoms with E-state index in [9.17, 15) is 0 Å². The Balaban J connectivity index is 1.60. The van der Waals surface area contributed by atoms with Crippen molar-refractivity contribution in [3.8, 4) is 0 Å². The number of hydrogen-bond acceptors (Lipinski definition) is 3. The topological polar surface area (TPSA) is 28.2 Å². The molecule has 2 heterocycles. The summed E-state index contributed by atoms with van der Waals surface area (Å²) in [7, 11) is 0. The van der Waals surface area contributed by atoms with Gasteiger partial charge in [-0.05, 0) is 49.9 Å². The maximum Gasteiger partial charge on any atom is 0.0312 e. The van der Waals surface area contributed by atoms with Gasteiger partial charge in [-0.3, -0.25) is 4.98 Å². The van der Waals surface area contributed by atoms with Gasteiger partial charge in [0.2, 0.25) is 0 Å². The van der Waals surface area contributed by atoms with Gasteiger partial charge in [0.05, 0.1) is 0 Å². The summed E-state index contributed by atoms with van der Waals surface area (Å²) < 4.78 is 0. The van der Waals surface area contributed by atoms with Crippen LogP contribution in [0.15, 0.2) is 24.5 Å². The molecular weight excluding hydrogens is 222 g/mol. The van der Waals surface area contributed by atoms with Gasteiger partial charge in [-0.2, -0.15) is 0 Å². The van der Waals surface area contributed by atoms with Crippen LogP contribution in [-0.2, 0) is 6.54 Å². The van der Waals surface area contributed by atoms with Crippen molar-refractivity contribution in [3.05, 3.63) is 30.1 Å². The van der Waals surface area contributed by atoms with Crippen molar-refractivity contribution in [1.29, 1.82) is 0 Å². The Morgan fingerprint density at radius 1 is 1.39 bits per heavy atom. The second kappa shape index (κ2) is 7.49. The Kier molecular flexibility index (Phi) is 5.62. The maximum absolute atomic E-state index is 4.12. The molecule has 3 heteroatoms. The SMILES string of the molecule is CC1CCCN(CCNCc2cccnc2)CC1. The normalized spacial score (nSPS) is 21.7. The minimum atomic E-state index is 0.915. The van der Waals surface area contributed by atoms with E-state index in [1.807, 2.05) is 18.5 Å². The number of nitrogens with one attached hydrogen (secondary N) is 1. The largest absolute Gasteiger partial charge is 0.311 e. The molecule has 1 aliphatic heterocycles. The van der Waals surface area contributed by atoms with Gasteiger partial charge in [-0.25, -0.2) is 0 Å². The molecule has 1 aromatic heterocycles. The minimum Gasteiger partial charge on any atom is -0.311 e. The molecule has 2 rings (SSSR count). The number of hydrogen-bond donors (Lipinski definition) is 1. The fraction of sp³-hybridized carbons (Fsp3) is 0.667. The first kappa shape index (κ1) is 13.5. The number of nitrogens with zero attached hydrogens (tertiary/aromatic N) is 2. The number of rotatable bonds is 5. The van der Waals surface area contributed by atoms with E-state index >= 15 is 0 Å². The molecule has 0 amide bonds. The molecule has 0 saturated carbocycles. The Morgan fingerprint density at radius 3 is 3.17 bits per heavy atom. The molecule has 0 aliphatic carbocycles. The van der Waals surface area contributed by atoms with Crippen LogP contribution in [0.3, 0.4) is 0 Å². The average molecular weight is 247 g/mol. The second-order valence-corrected chi connectivity index (χ2v) is 5.42. The van der Waals surface area contributed by atoms with Crippen molar-refractivity contribution in [2.45, 2.75) is 32.7 Å². The van der Waals surface area contributed by atoms with Crippen molar-refractivity contribution in [1.82, 2.24) is 15.2 Å². The van der Waals surface area contributed by atoms with Crippen LogP contribution in [0.25, 0.3) is 0 Å². The number of pyridine rings is 1. The second-order valence-electron chi connectivity index (χ2n) is 5.42. The van der Waals surface area contributed by atoms with Crippen molar-refractivity contribution < 1.29 is 0 Å². The van der Waals surface area contributed by atoms with Crippen LogP contribution >= 0.6 is 0 Å². The van der Waals surface area contributed by atoms with Gasteiger partial charge in [0.1, 0.15) is 0 Å². The highest BCUT2D eigenvalue weighted by Crippen LogP contribution is 2.15. The molecule has 1 N–H and O–H groups in total. The molecule has 0 aromatic carbocycles. The van der Waals surface area contributed by atoms with Crippen molar-refractivity contribution in [2.24, 2.45) is 5.92 Å². The van der Waals surface area contributed by atoms with Gasteiger partial charge in [-0.1, -0.05) is 13.0 Å². The molecule has 1 saturated heterocycles. The van der Waals surface area contributed by atoms with Crippen molar-refractivity contribution >= 4 is 0 Å². The lowest BCUT2D eigenvalue weighted by atomic mass is 10.0. The van der Waals surface area contributed by atoms with E-state index in [-0.39, 0.29) is 0 Å². The van der Waals surface area contributed by atoms with E-state index in [1.165, 1.54) is 44.5 Å². The lowest BCUT2D eigenvalue weighted by molar-refractivity contribution is 0.281. The molecule has 0 radical (unpaired) electrons. The zero-order chi connectivity index (χ0) is 12.6. The lowest BCUT2D eigenvalue weighted by Gasteiger charge is -2.20. The Labute approximate surface area is 111 Å². The number of likely N-dealkylation sites (tertiary alicyclic amines) is 1. The Bertz CT molecular complexity index is 326. The third-order valence-corrected chi connectivity index (χ3v) is 3.77. The molecule has 0 spiro atoms. The van der Waals surface area contributed by atoms with Crippen molar-refractivity contribution in [2.75, 3.05) is 26.2 Å². The van der Waals surface area contributed by atoms with E-state index < -0.39 is 0 Å². The van der Waals surface area contributed by atoms with Crippen LogP contribution in [0.4, 0.5) is 0 Å². The Morgan fingerprint density at radius 2 is 2.33 bits per heavy atom. The maximum atomic E-state index is 4.12. The highest BCUT2D eigenvalue weighted by molar-refractivity contribution is 5.07. The first-order valence-corrected chi connectivity index (χ1v) is 7.16. The van der Waals surface area contributed by atoms with Gasteiger partial charge in [-0.15, -0.1) is 0 Å². The molecule has 18 heavy (non-hydrogen) atoms. The third-order valence-electron chi connectivity index (χ3n) is 3.77. The predicted molar refractivity (Wildman–Crippen MR) is 75.4 cm³/mol. The summed E-state index contributed by atoms with van der Waals surface area (Å²) in [5.41, 5.74) is 1.27. The van der Waals surface area contributed by atoms with E-state index in [4.69, 9.17) is 0 Å². The van der Waals surface area contributed by atoms with Crippen LogP contribution < -0.4 is 5.32 Å². The molecule has 1 aromatic rings. The first-order valence-electron chi connectivity index (χ1n) is 7.16.